The molecule has 0 saturated heterocycles. The Kier molecular flexibility index (Phi) is 6.98. The first-order valence-corrected chi connectivity index (χ1v) is 8.34. The van der Waals surface area contributed by atoms with Gasteiger partial charge in [0, 0.05) is 0 Å². The van der Waals surface area contributed by atoms with Crippen molar-refractivity contribution in [3.05, 3.63) is 64.7 Å². The van der Waals surface area contributed by atoms with Gasteiger partial charge in [-0.15, -0.1) is 0 Å². The van der Waals surface area contributed by atoms with Crippen LogP contribution in [0.25, 0.3) is 6.08 Å². The lowest BCUT2D eigenvalue weighted by atomic mass is 10.1. The molecule has 0 spiro atoms. The number of anilines is 1. The van der Waals surface area contributed by atoms with Crippen LogP contribution < -0.4 is 10.1 Å². The molecule has 0 aliphatic heterocycles. The third-order valence-electron chi connectivity index (χ3n) is 3.53. The lowest BCUT2D eigenvalue weighted by molar-refractivity contribution is -0.148. The SMILES string of the molecule is COc1cccc(/C=C(\C#N)C(=O)O[C@H](C)C(=O)Nc2ccccc2Cl)c1. The number of carbonyl (C=O) groups is 2. The van der Waals surface area contributed by atoms with Crippen LogP contribution in [-0.4, -0.2) is 25.1 Å². The Bertz CT molecular complexity index is 918. The van der Waals surface area contributed by atoms with E-state index in [9.17, 15) is 14.9 Å². The number of hydrogen-bond acceptors (Lipinski definition) is 5. The van der Waals surface area contributed by atoms with Gasteiger partial charge in [0.2, 0.25) is 0 Å². The summed E-state index contributed by atoms with van der Waals surface area (Å²) in [5.41, 5.74) is 0.760. The molecule has 1 N–H and O–H groups in total. The number of carbonyl (C=O) groups excluding carboxylic acids is 2. The van der Waals surface area contributed by atoms with Crippen LogP contribution in [0.2, 0.25) is 5.02 Å². The molecule has 6 nitrogen and oxygen atoms in total. The zero-order valence-corrected chi connectivity index (χ0v) is 15.5. The minimum Gasteiger partial charge on any atom is -0.497 e. The first-order chi connectivity index (χ1) is 12.9. The zero-order chi connectivity index (χ0) is 19.8. The molecule has 0 heterocycles. The van der Waals surface area contributed by atoms with Crippen LogP contribution in [-0.2, 0) is 14.3 Å². The third kappa shape index (κ3) is 5.59. The first kappa shape index (κ1) is 20.0. The molecule has 0 fully saturated rings. The highest BCUT2D eigenvalue weighted by Crippen LogP contribution is 2.21. The second-order valence-corrected chi connectivity index (χ2v) is 5.87. The number of para-hydroxylation sites is 1. The van der Waals surface area contributed by atoms with Crippen LogP contribution in [0.4, 0.5) is 5.69 Å². The highest BCUT2D eigenvalue weighted by Gasteiger charge is 2.21. The molecule has 0 aliphatic rings. The first-order valence-electron chi connectivity index (χ1n) is 7.97. The topological polar surface area (TPSA) is 88.4 Å². The van der Waals surface area contributed by atoms with Gasteiger partial charge in [0.1, 0.15) is 17.4 Å². The summed E-state index contributed by atoms with van der Waals surface area (Å²) in [6.07, 6.45) is 0.250. The normalized spacial score (nSPS) is 11.9. The maximum atomic E-state index is 12.2. The van der Waals surface area contributed by atoms with Gasteiger partial charge in [-0.05, 0) is 42.8 Å². The fraction of sp³-hybridized carbons (Fsp3) is 0.150. The van der Waals surface area contributed by atoms with Crippen molar-refractivity contribution in [1.82, 2.24) is 0 Å². The number of amides is 1. The monoisotopic (exact) mass is 384 g/mol. The average Bonchev–Trinajstić information content (AvgIpc) is 2.67. The molecule has 0 bridgehead atoms. The van der Waals surface area contributed by atoms with Crippen LogP contribution in [0.1, 0.15) is 12.5 Å². The smallest absolute Gasteiger partial charge is 0.349 e. The van der Waals surface area contributed by atoms with Crippen LogP contribution in [0, 0.1) is 11.3 Å². The van der Waals surface area contributed by atoms with Crippen molar-refractivity contribution in [2.75, 3.05) is 12.4 Å². The van der Waals surface area contributed by atoms with E-state index in [0.717, 1.165) is 0 Å². The Morgan fingerprint density at radius 1 is 1.22 bits per heavy atom. The number of methoxy groups -OCH3 is 1. The van der Waals surface area contributed by atoms with E-state index in [0.29, 0.717) is 22.0 Å². The molecule has 0 saturated carbocycles. The van der Waals surface area contributed by atoms with Crippen LogP contribution >= 0.6 is 11.6 Å². The highest BCUT2D eigenvalue weighted by molar-refractivity contribution is 6.33. The third-order valence-corrected chi connectivity index (χ3v) is 3.86. The Balaban J connectivity index is 2.07. The van der Waals surface area contributed by atoms with Crippen molar-refractivity contribution in [1.29, 1.82) is 5.26 Å². The minimum absolute atomic E-state index is 0.236. The average molecular weight is 385 g/mol. The van der Waals surface area contributed by atoms with E-state index in [4.69, 9.17) is 21.1 Å². The molecule has 138 valence electrons. The molecule has 0 radical (unpaired) electrons. The summed E-state index contributed by atoms with van der Waals surface area (Å²) in [4.78, 5) is 24.4. The summed E-state index contributed by atoms with van der Waals surface area (Å²) in [7, 11) is 1.52. The maximum absolute atomic E-state index is 12.2. The molecule has 27 heavy (non-hydrogen) atoms. The predicted molar refractivity (Wildman–Crippen MR) is 102 cm³/mol. The molecule has 7 heteroatoms. The number of hydrogen-bond donors (Lipinski definition) is 1. The highest BCUT2D eigenvalue weighted by atomic mass is 35.5. The molecule has 1 atom stereocenters. The molecule has 2 rings (SSSR count). The van der Waals surface area contributed by atoms with Crippen molar-refractivity contribution >= 4 is 35.2 Å². The lowest BCUT2D eigenvalue weighted by Gasteiger charge is -2.14. The molecular weight excluding hydrogens is 368 g/mol. The zero-order valence-electron chi connectivity index (χ0n) is 14.7. The van der Waals surface area contributed by atoms with Gasteiger partial charge in [-0.3, -0.25) is 4.79 Å². The molecular formula is C20H17ClN2O4. The van der Waals surface area contributed by atoms with Crippen molar-refractivity contribution < 1.29 is 19.1 Å². The van der Waals surface area contributed by atoms with E-state index in [-0.39, 0.29) is 5.57 Å². The fourth-order valence-corrected chi connectivity index (χ4v) is 2.29. The van der Waals surface area contributed by atoms with Gasteiger partial charge >= 0.3 is 5.97 Å². The summed E-state index contributed by atoms with van der Waals surface area (Å²) in [5.74, 6) is -0.876. The largest absolute Gasteiger partial charge is 0.497 e. The minimum atomic E-state index is -1.11. The molecule has 2 aromatic rings. The summed E-state index contributed by atoms with van der Waals surface area (Å²) < 4.78 is 10.2. The number of esters is 1. The Morgan fingerprint density at radius 3 is 2.63 bits per heavy atom. The maximum Gasteiger partial charge on any atom is 0.349 e. The van der Waals surface area contributed by atoms with E-state index in [1.807, 2.05) is 0 Å². The van der Waals surface area contributed by atoms with Crippen LogP contribution in [0.15, 0.2) is 54.1 Å². The van der Waals surface area contributed by atoms with E-state index in [1.54, 1.807) is 54.6 Å². The van der Waals surface area contributed by atoms with E-state index >= 15 is 0 Å². The second kappa shape index (κ2) is 9.41. The number of benzene rings is 2. The molecule has 2 aromatic carbocycles. The number of ether oxygens (including phenoxy) is 2. The number of nitrogens with one attached hydrogen (secondary N) is 1. The number of nitrogens with zero attached hydrogens (tertiary/aromatic N) is 1. The second-order valence-electron chi connectivity index (χ2n) is 5.46. The Hall–Kier alpha value is -3.30. The molecule has 1 amide bonds. The summed E-state index contributed by atoms with van der Waals surface area (Å²) >= 11 is 5.98. The van der Waals surface area contributed by atoms with Gasteiger partial charge in [-0.25, -0.2) is 4.79 Å². The van der Waals surface area contributed by atoms with Crippen molar-refractivity contribution in [3.63, 3.8) is 0 Å². The van der Waals surface area contributed by atoms with Crippen LogP contribution in [0.5, 0.6) is 5.75 Å². The van der Waals surface area contributed by atoms with E-state index < -0.39 is 18.0 Å². The summed E-state index contributed by atoms with van der Waals surface area (Å²) in [6.45, 7) is 1.41. The van der Waals surface area contributed by atoms with Gasteiger partial charge in [0.05, 0.1) is 17.8 Å². The molecule has 0 aromatic heterocycles. The quantitative estimate of drug-likeness (QED) is 0.464. The van der Waals surface area contributed by atoms with Gasteiger partial charge in [-0.1, -0.05) is 35.9 Å². The summed E-state index contributed by atoms with van der Waals surface area (Å²) in [6, 6.07) is 15.3. The fourth-order valence-electron chi connectivity index (χ4n) is 2.11. The van der Waals surface area contributed by atoms with Gasteiger partial charge in [0.15, 0.2) is 6.10 Å². The van der Waals surface area contributed by atoms with E-state index in [2.05, 4.69) is 5.32 Å². The van der Waals surface area contributed by atoms with E-state index in [1.165, 1.54) is 20.1 Å². The number of nitriles is 1. The van der Waals surface area contributed by atoms with Gasteiger partial charge in [0.25, 0.3) is 5.91 Å². The van der Waals surface area contributed by atoms with Gasteiger partial charge in [-0.2, -0.15) is 5.26 Å². The van der Waals surface area contributed by atoms with Crippen LogP contribution in [0.3, 0.4) is 0 Å². The van der Waals surface area contributed by atoms with Crippen molar-refractivity contribution in [2.24, 2.45) is 0 Å². The number of rotatable bonds is 6. The Labute approximate surface area is 162 Å². The Morgan fingerprint density at radius 2 is 1.96 bits per heavy atom. The molecule has 0 aliphatic carbocycles. The molecule has 0 unspecified atom stereocenters. The predicted octanol–water partition coefficient (Wildman–Crippen LogP) is 3.83. The standard InChI is InChI=1S/C20H17ClN2O4/c1-13(19(24)23-18-9-4-3-8-17(18)21)27-20(25)15(12-22)10-14-6-5-7-16(11-14)26-2/h3-11,13H,1-2H3,(H,23,24)/b15-10+/t13-/m1/s1. The lowest BCUT2D eigenvalue weighted by Crippen LogP contribution is -2.30. The van der Waals surface area contributed by atoms with Crippen molar-refractivity contribution in [3.8, 4) is 11.8 Å². The van der Waals surface area contributed by atoms with Gasteiger partial charge < -0.3 is 14.8 Å². The number of halogens is 1. The van der Waals surface area contributed by atoms with Crippen molar-refractivity contribution in [2.45, 2.75) is 13.0 Å². The summed E-state index contributed by atoms with van der Waals surface area (Å²) in [5, 5.41) is 12.2.